The lowest BCUT2D eigenvalue weighted by molar-refractivity contribution is 0.0519. The largest absolute Gasteiger partial charge is 0.461 e. The van der Waals surface area contributed by atoms with E-state index in [9.17, 15) is 4.79 Å². The smallest absolute Gasteiger partial charge is 0.358 e. The van der Waals surface area contributed by atoms with E-state index in [4.69, 9.17) is 9.72 Å². The van der Waals surface area contributed by atoms with Crippen molar-refractivity contribution in [2.24, 2.45) is 11.8 Å². The van der Waals surface area contributed by atoms with E-state index in [0.717, 1.165) is 35.3 Å². The molecule has 2 heterocycles. The van der Waals surface area contributed by atoms with E-state index in [1.165, 1.54) is 32.1 Å². The molecule has 0 bridgehead atoms. The van der Waals surface area contributed by atoms with Gasteiger partial charge in [0, 0.05) is 17.5 Å². The van der Waals surface area contributed by atoms with Crippen molar-refractivity contribution in [2.45, 2.75) is 72.1 Å². The fourth-order valence-corrected chi connectivity index (χ4v) is 4.01. The van der Waals surface area contributed by atoms with Crippen molar-refractivity contribution in [3.63, 3.8) is 0 Å². The summed E-state index contributed by atoms with van der Waals surface area (Å²) in [6, 6.07) is 3.92. The number of esters is 1. The molecule has 1 saturated carbocycles. The average molecular weight is 357 g/mol. The van der Waals surface area contributed by atoms with Gasteiger partial charge in [-0.25, -0.2) is 14.3 Å². The molecular formula is C21H31N3O2. The van der Waals surface area contributed by atoms with Crippen LogP contribution in [-0.4, -0.2) is 27.2 Å². The number of carbonyl (C=O) groups excluding carboxylic acids is 1. The van der Waals surface area contributed by atoms with Gasteiger partial charge >= 0.3 is 5.97 Å². The van der Waals surface area contributed by atoms with E-state index >= 15 is 0 Å². The molecule has 0 spiro atoms. The first kappa shape index (κ1) is 18.9. The van der Waals surface area contributed by atoms with Gasteiger partial charge in [-0.15, -0.1) is 0 Å². The van der Waals surface area contributed by atoms with Crippen LogP contribution in [0.15, 0.2) is 12.1 Å². The number of hydrogen-bond acceptors (Lipinski definition) is 4. The minimum atomic E-state index is -0.382. The van der Waals surface area contributed by atoms with Crippen LogP contribution in [-0.2, 0) is 11.2 Å². The molecule has 142 valence electrons. The standard InChI is InChI=1S/C21H31N3O2/c1-5-15-7-9-16(10-8-15)11-17-12-19(14(3)4)24-20(22-17)13-18(23-24)21(25)26-6-2/h12-16H,5-11H2,1-4H3. The Kier molecular flexibility index (Phi) is 5.94. The number of ether oxygens (including phenoxy) is 1. The maximum atomic E-state index is 12.0. The molecule has 1 aliphatic rings. The molecule has 1 aliphatic carbocycles. The van der Waals surface area contributed by atoms with E-state index in [0.29, 0.717) is 18.2 Å². The lowest BCUT2D eigenvalue weighted by Crippen LogP contribution is -2.17. The molecule has 0 aliphatic heterocycles. The molecule has 3 rings (SSSR count). The lowest BCUT2D eigenvalue weighted by Gasteiger charge is -2.27. The van der Waals surface area contributed by atoms with Gasteiger partial charge in [-0.3, -0.25) is 0 Å². The normalized spacial score (nSPS) is 20.7. The molecule has 0 unspecified atom stereocenters. The molecule has 1 fully saturated rings. The number of aromatic nitrogens is 3. The first-order valence-corrected chi connectivity index (χ1v) is 10.1. The topological polar surface area (TPSA) is 56.5 Å². The van der Waals surface area contributed by atoms with Gasteiger partial charge in [-0.05, 0) is 50.0 Å². The second-order valence-corrected chi connectivity index (χ2v) is 7.85. The van der Waals surface area contributed by atoms with Crippen molar-refractivity contribution in [3.8, 4) is 0 Å². The third-order valence-electron chi connectivity index (χ3n) is 5.63. The molecule has 0 atom stereocenters. The summed E-state index contributed by atoms with van der Waals surface area (Å²) in [6.45, 7) is 8.75. The van der Waals surface area contributed by atoms with Crippen molar-refractivity contribution < 1.29 is 9.53 Å². The highest BCUT2D eigenvalue weighted by Gasteiger charge is 2.22. The molecule has 0 amide bonds. The van der Waals surface area contributed by atoms with Gasteiger partial charge in [-0.2, -0.15) is 5.10 Å². The number of nitrogens with zero attached hydrogens (tertiary/aromatic N) is 3. The fraction of sp³-hybridized carbons (Fsp3) is 0.667. The highest BCUT2D eigenvalue weighted by atomic mass is 16.5. The van der Waals surface area contributed by atoms with Gasteiger partial charge in [0.1, 0.15) is 0 Å². The summed E-state index contributed by atoms with van der Waals surface area (Å²) in [6.07, 6.45) is 7.62. The summed E-state index contributed by atoms with van der Waals surface area (Å²) < 4.78 is 6.89. The summed E-state index contributed by atoms with van der Waals surface area (Å²) in [5.41, 5.74) is 3.30. The zero-order chi connectivity index (χ0) is 18.7. The summed E-state index contributed by atoms with van der Waals surface area (Å²) in [5.74, 6) is 1.56. The van der Waals surface area contributed by atoms with Gasteiger partial charge in [0.2, 0.25) is 0 Å². The fourth-order valence-electron chi connectivity index (χ4n) is 4.01. The van der Waals surface area contributed by atoms with Crippen LogP contribution in [0.4, 0.5) is 0 Å². The Bertz CT molecular complexity index is 758. The molecule has 5 nitrogen and oxygen atoms in total. The highest BCUT2D eigenvalue weighted by Crippen LogP contribution is 2.32. The van der Waals surface area contributed by atoms with Crippen LogP contribution in [0, 0.1) is 11.8 Å². The summed E-state index contributed by atoms with van der Waals surface area (Å²) in [4.78, 5) is 16.8. The lowest BCUT2D eigenvalue weighted by atomic mass is 9.79. The van der Waals surface area contributed by atoms with Crippen LogP contribution < -0.4 is 0 Å². The Balaban J connectivity index is 1.86. The van der Waals surface area contributed by atoms with Crippen molar-refractivity contribution in [1.29, 1.82) is 0 Å². The predicted molar refractivity (Wildman–Crippen MR) is 102 cm³/mol. The van der Waals surface area contributed by atoms with Gasteiger partial charge < -0.3 is 4.74 Å². The van der Waals surface area contributed by atoms with Crippen molar-refractivity contribution in [3.05, 3.63) is 29.2 Å². The quantitative estimate of drug-likeness (QED) is 0.698. The minimum absolute atomic E-state index is 0.310. The molecule has 0 aromatic carbocycles. The zero-order valence-electron chi connectivity index (χ0n) is 16.5. The number of fused-ring (bicyclic) bond motifs is 1. The zero-order valence-corrected chi connectivity index (χ0v) is 16.5. The van der Waals surface area contributed by atoms with E-state index < -0.39 is 0 Å². The van der Waals surface area contributed by atoms with Crippen LogP contribution in [0.3, 0.4) is 0 Å². The van der Waals surface area contributed by atoms with Crippen LogP contribution in [0.2, 0.25) is 0 Å². The Labute approximate surface area is 156 Å². The van der Waals surface area contributed by atoms with Crippen LogP contribution in [0.25, 0.3) is 5.65 Å². The molecule has 0 saturated heterocycles. The maximum absolute atomic E-state index is 12.0. The van der Waals surface area contributed by atoms with E-state index in [1.54, 1.807) is 17.5 Å². The molecular weight excluding hydrogens is 326 g/mol. The molecule has 26 heavy (non-hydrogen) atoms. The Morgan fingerprint density at radius 1 is 1.19 bits per heavy atom. The van der Waals surface area contributed by atoms with E-state index in [2.05, 4.69) is 31.9 Å². The Morgan fingerprint density at radius 3 is 2.50 bits per heavy atom. The first-order valence-electron chi connectivity index (χ1n) is 10.1. The molecule has 2 aromatic rings. The number of hydrogen-bond donors (Lipinski definition) is 0. The van der Waals surface area contributed by atoms with Gasteiger partial charge in [0.25, 0.3) is 0 Å². The molecule has 0 radical (unpaired) electrons. The van der Waals surface area contributed by atoms with Gasteiger partial charge in [-0.1, -0.05) is 40.0 Å². The van der Waals surface area contributed by atoms with Crippen molar-refractivity contribution in [2.75, 3.05) is 6.61 Å². The Morgan fingerprint density at radius 2 is 1.88 bits per heavy atom. The third kappa shape index (κ3) is 4.08. The second-order valence-electron chi connectivity index (χ2n) is 7.85. The van der Waals surface area contributed by atoms with Crippen molar-refractivity contribution >= 4 is 11.6 Å². The first-order chi connectivity index (χ1) is 12.5. The third-order valence-corrected chi connectivity index (χ3v) is 5.63. The second kappa shape index (κ2) is 8.19. The number of carbonyl (C=O) groups is 1. The summed E-state index contributed by atoms with van der Waals surface area (Å²) >= 11 is 0. The molecule has 0 N–H and O–H groups in total. The van der Waals surface area contributed by atoms with Gasteiger partial charge in [0.05, 0.1) is 6.61 Å². The number of rotatable bonds is 6. The van der Waals surface area contributed by atoms with Crippen LogP contribution >= 0.6 is 0 Å². The summed E-state index contributed by atoms with van der Waals surface area (Å²) in [5, 5.41) is 4.44. The Hall–Kier alpha value is -1.91. The van der Waals surface area contributed by atoms with Gasteiger partial charge in [0.15, 0.2) is 11.3 Å². The van der Waals surface area contributed by atoms with E-state index in [-0.39, 0.29) is 5.97 Å². The monoisotopic (exact) mass is 357 g/mol. The molecule has 2 aromatic heterocycles. The minimum Gasteiger partial charge on any atom is -0.461 e. The summed E-state index contributed by atoms with van der Waals surface area (Å²) in [7, 11) is 0. The van der Waals surface area contributed by atoms with Crippen LogP contribution in [0.5, 0.6) is 0 Å². The van der Waals surface area contributed by atoms with E-state index in [1.807, 2.05) is 0 Å². The van der Waals surface area contributed by atoms with Crippen LogP contribution in [0.1, 0.15) is 87.6 Å². The SMILES string of the molecule is CCOC(=O)c1cc2nc(CC3CCC(CC)CC3)cc(C(C)C)n2n1. The maximum Gasteiger partial charge on any atom is 0.358 e. The predicted octanol–water partition coefficient (Wildman–Crippen LogP) is 4.79. The highest BCUT2D eigenvalue weighted by molar-refractivity contribution is 5.88. The average Bonchev–Trinajstić information content (AvgIpc) is 3.06. The molecule has 5 heteroatoms. The van der Waals surface area contributed by atoms with Crippen molar-refractivity contribution in [1.82, 2.24) is 14.6 Å².